The molecule has 1 aliphatic heterocycles. The molecule has 0 fully saturated rings. The average molecular weight is 542 g/mol. The summed E-state index contributed by atoms with van der Waals surface area (Å²) in [5.74, 6) is 0.549. The van der Waals surface area contributed by atoms with Crippen LogP contribution in [0.15, 0.2) is 42.5 Å². The van der Waals surface area contributed by atoms with Gasteiger partial charge in [-0.2, -0.15) is 0 Å². The van der Waals surface area contributed by atoms with Gasteiger partial charge in [0.05, 0.1) is 31.9 Å². The number of rotatable bonds is 8. The van der Waals surface area contributed by atoms with E-state index >= 15 is 0 Å². The number of aliphatic hydroxyl groups excluding tert-OH is 1. The molecule has 5 amide bonds. The highest BCUT2D eigenvalue weighted by atomic mass is 16.5. The molecule has 0 aliphatic carbocycles. The maximum absolute atomic E-state index is 13.6. The van der Waals surface area contributed by atoms with Crippen LogP contribution >= 0.6 is 0 Å². The lowest BCUT2D eigenvalue weighted by Gasteiger charge is -2.38. The van der Waals surface area contributed by atoms with Gasteiger partial charge in [0.1, 0.15) is 17.6 Å². The summed E-state index contributed by atoms with van der Waals surface area (Å²) in [5, 5.41) is 18.2. The molecular formula is C28H39N5O6. The van der Waals surface area contributed by atoms with Crippen molar-refractivity contribution in [3.8, 4) is 11.5 Å². The van der Waals surface area contributed by atoms with E-state index in [1.165, 1.54) is 0 Å². The summed E-state index contributed by atoms with van der Waals surface area (Å²) in [6, 6.07) is 10.6. The quantitative estimate of drug-likeness (QED) is 0.404. The fourth-order valence-corrected chi connectivity index (χ4v) is 4.20. The lowest BCUT2D eigenvalue weighted by atomic mass is 9.99. The molecule has 1 heterocycles. The standard InChI is InChI=1S/C28H39N5O6/c1-17(2)29-28(37)32(5)15-25-18(3)14-33(19(4)16-34)26(35)23-13-21(9-12-24(23)39-25)31-27(36)30-20-7-10-22(38-6)11-8-20/h7-13,17-19,25,34H,14-16H2,1-6H3,(H,29,37)(H2,30,31,36)/t18-,19-,25+/m1/s1. The average Bonchev–Trinajstić information content (AvgIpc) is 2.90. The van der Waals surface area contributed by atoms with Crippen LogP contribution < -0.4 is 25.4 Å². The van der Waals surface area contributed by atoms with Gasteiger partial charge in [0, 0.05) is 36.9 Å². The van der Waals surface area contributed by atoms with Gasteiger partial charge in [-0.25, -0.2) is 9.59 Å². The van der Waals surface area contributed by atoms with E-state index in [1.807, 2.05) is 20.8 Å². The van der Waals surface area contributed by atoms with Crippen LogP contribution in [-0.2, 0) is 0 Å². The fourth-order valence-electron chi connectivity index (χ4n) is 4.20. The Morgan fingerprint density at radius 1 is 1.13 bits per heavy atom. The van der Waals surface area contributed by atoms with Crippen molar-refractivity contribution < 1.29 is 29.0 Å². The number of carbonyl (C=O) groups excluding carboxylic acids is 3. The van der Waals surface area contributed by atoms with E-state index in [0.29, 0.717) is 36.0 Å². The molecule has 0 bridgehead atoms. The first kappa shape index (κ1) is 29.6. The van der Waals surface area contributed by atoms with Crippen molar-refractivity contribution in [1.29, 1.82) is 0 Å². The zero-order valence-corrected chi connectivity index (χ0v) is 23.4. The van der Waals surface area contributed by atoms with Crippen LogP contribution in [0.4, 0.5) is 21.0 Å². The maximum Gasteiger partial charge on any atom is 0.323 e. The van der Waals surface area contributed by atoms with Crippen molar-refractivity contribution in [2.45, 2.75) is 45.9 Å². The number of fused-ring (bicyclic) bond motifs is 1. The van der Waals surface area contributed by atoms with E-state index in [-0.39, 0.29) is 36.1 Å². The van der Waals surface area contributed by atoms with Crippen molar-refractivity contribution in [1.82, 2.24) is 15.1 Å². The number of anilines is 2. The smallest absolute Gasteiger partial charge is 0.323 e. The van der Waals surface area contributed by atoms with Gasteiger partial charge in [0.25, 0.3) is 5.91 Å². The molecule has 0 unspecified atom stereocenters. The molecule has 11 heteroatoms. The maximum atomic E-state index is 13.6. The second-order valence-corrected chi connectivity index (χ2v) is 10.1. The van der Waals surface area contributed by atoms with Crippen molar-refractivity contribution >= 4 is 29.3 Å². The van der Waals surface area contributed by atoms with Gasteiger partial charge in [0.2, 0.25) is 0 Å². The largest absolute Gasteiger partial charge is 0.497 e. The van der Waals surface area contributed by atoms with Gasteiger partial charge in [-0.15, -0.1) is 0 Å². The van der Waals surface area contributed by atoms with Crippen molar-refractivity contribution in [3.05, 3.63) is 48.0 Å². The summed E-state index contributed by atoms with van der Waals surface area (Å²) in [5.41, 5.74) is 1.22. The summed E-state index contributed by atoms with van der Waals surface area (Å²) in [6.45, 7) is 7.90. The third-order valence-electron chi connectivity index (χ3n) is 6.48. The van der Waals surface area contributed by atoms with Gasteiger partial charge in [-0.3, -0.25) is 4.79 Å². The number of nitrogens with zero attached hydrogens (tertiary/aromatic N) is 2. The molecule has 0 saturated heterocycles. The minimum absolute atomic E-state index is 0.0114. The Kier molecular flexibility index (Phi) is 10.00. The zero-order valence-electron chi connectivity index (χ0n) is 23.4. The lowest BCUT2D eigenvalue weighted by molar-refractivity contribution is 0.0366. The first-order valence-electron chi connectivity index (χ1n) is 13.0. The van der Waals surface area contributed by atoms with Crippen LogP contribution in [0.3, 0.4) is 0 Å². The molecule has 39 heavy (non-hydrogen) atoms. The van der Waals surface area contributed by atoms with E-state index in [9.17, 15) is 19.5 Å². The number of urea groups is 2. The zero-order chi connectivity index (χ0) is 28.7. The Bertz CT molecular complexity index is 1160. The molecule has 0 aromatic heterocycles. The van der Waals surface area contributed by atoms with Gasteiger partial charge < -0.3 is 40.3 Å². The van der Waals surface area contributed by atoms with Gasteiger partial charge in [0.15, 0.2) is 0 Å². The van der Waals surface area contributed by atoms with Crippen molar-refractivity contribution in [2.75, 3.05) is 44.5 Å². The molecule has 3 rings (SSSR count). The van der Waals surface area contributed by atoms with E-state index in [4.69, 9.17) is 9.47 Å². The molecule has 0 saturated carbocycles. The number of methoxy groups -OCH3 is 1. The van der Waals surface area contributed by atoms with E-state index in [2.05, 4.69) is 16.0 Å². The van der Waals surface area contributed by atoms with E-state index in [0.717, 1.165) is 0 Å². The number of aliphatic hydroxyl groups is 1. The number of benzene rings is 2. The van der Waals surface area contributed by atoms with Crippen LogP contribution in [0.25, 0.3) is 0 Å². The highest BCUT2D eigenvalue weighted by Crippen LogP contribution is 2.31. The molecule has 11 nitrogen and oxygen atoms in total. The van der Waals surface area contributed by atoms with Crippen LogP contribution in [-0.4, -0.2) is 84.9 Å². The van der Waals surface area contributed by atoms with Crippen molar-refractivity contribution in [2.24, 2.45) is 5.92 Å². The predicted molar refractivity (Wildman–Crippen MR) is 150 cm³/mol. The Balaban J connectivity index is 1.85. The van der Waals surface area contributed by atoms with Crippen LogP contribution in [0.2, 0.25) is 0 Å². The summed E-state index contributed by atoms with van der Waals surface area (Å²) in [4.78, 5) is 41.9. The predicted octanol–water partition coefficient (Wildman–Crippen LogP) is 3.61. The highest BCUT2D eigenvalue weighted by molar-refractivity contribution is 6.02. The fraction of sp³-hybridized carbons (Fsp3) is 0.464. The lowest BCUT2D eigenvalue weighted by Crippen LogP contribution is -2.51. The number of carbonyl (C=O) groups is 3. The van der Waals surface area contributed by atoms with Crippen LogP contribution in [0.1, 0.15) is 38.1 Å². The van der Waals surface area contributed by atoms with Crippen LogP contribution in [0, 0.1) is 5.92 Å². The minimum Gasteiger partial charge on any atom is -0.497 e. The molecule has 2 aromatic carbocycles. The van der Waals surface area contributed by atoms with Crippen molar-refractivity contribution in [3.63, 3.8) is 0 Å². The number of nitrogens with one attached hydrogen (secondary N) is 3. The summed E-state index contributed by atoms with van der Waals surface area (Å²) in [6.07, 6.45) is -0.426. The Morgan fingerprint density at radius 3 is 2.38 bits per heavy atom. The SMILES string of the molecule is COc1ccc(NC(=O)Nc2ccc3c(c2)C(=O)N([C@H](C)CO)C[C@@H](C)[C@H](CN(C)C(=O)NC(C)C)O3)cc1. The number of likely N-dealkylation sites (N-methyl/N-ethyl adjacent to an activating group) is 1. The number of hydrogen-bond donors (Lipinski definition) is 4. The number of ether oxygens (including phenoxy) is 2. The van der Waals surface area contributed by atoms with Gasteiger partial charge in [-0.05, 0) is 63.2 Å². The van der Waals surface area contributed by atoms with E-state index < -0.39 is 18.2 Å². The third kappa shape index (κ3) is 7.76. The monoisotopic (exact) mass is 541 g/mol. The van der Waals surface area contributed by atoms with Gasteiger partial charge >= 0.3 is 12.1 Å². The Labute approximate surface area is 229 Å². The Hall–Kier alpha value is -3.99. The van der Waals surface area contributed by atoms with Gasteiger partial charge in [-0.1, -0.05) is 6.92 Å². The summed E-state index contributed by atoms with van der Waals surface area (Å²) < 4.78 is 11.4. The summed E-state index contributed by atoms with van der Waals surface area (Å²) in [7, 11) is 3.26. The Morgan fingerprint density at radius 2 is 1.77 bits per heavy atom. The highest BCUT2D eigenvalue weighted by Gasteiger charge is 2.34. The first-order chi connectivity index (χ1) is 18.5. The molecule has 1 aliphatic rings. The molecule has 4 N–H and O–H groups in total. The first-order valence-corrected chi connectivity index (χ1v) is 13.0. The molecule has 0 radical (unpaired) electrons. The van der Waals surface area contributed by atoms with Crippen LogP contribution in [0.5, 0.6) is 11.5 Å². The minimum atomic E-state index is -0.482. The second kappa shape index (κ2) is 13.2. The normalized spacial score (nSPS) is 17.7. The summed E-state index contributed by atoms with van der Waals surface area (Å²) >= 11 is 0. The molecule has 212 valence electrons. The molecule has 3 atom stereocenters. The number of amides is 5. The topological polar surface area (TPSA) is 132 Å². The second-order valence-electron chi connectivity index (χ2n) is 10.1. The molecule has 0 spiro atoms. The van der Waals surface area contributed by atoms with E-state index in [1.54, 1.807) is 73.3 Å². The third-order valence-corrected chi connectivity index (χ3v) is 6.48. The number of hydrogen-bond acceptors (Lipinski definition) is 6. The molecular weight excluding hydrogens is 502 g/mol. The molecule has 2 aromatic rings.